The molecule has 88 valence electrons. The molecule has 2 rings (SSSR count). The van der Waals surface area contributed by atoms with Crippen LogP contribution in [-0.4, -0.2) is 17.6 Å². The van der Waals surface area contributed by atoms with Gasteiger partial charge in [-0.2, -0.15) is 0 Å². The van der Waals surface area contributed by atoms with Gasteiger partial charge in [0.1, 0.15) is 5.69 Å². The number of nitrogens with zero attached hydrogens (tertiary/aromatic N) is 1. The Labute approximate surface area is 96.4 Å². The molecule has 1 unspecified atom stereocenters. The van der Waals surface area contributed by atoms with Crippen LogP contribution in [0.4, 0.5) is 0 Å². The van der Waals surface area contributed by atoms with E-state index in [1.165, 1.54) is 19.2 Å². The van der Waals surface area contributed by atoms with E-state index in [1.54, 1.807) is 0 Å². The Balaban J connectivity index is 2.29. The number of aryl methyl sites for hydroxylation is 1. The van der Waals surface area contributed by atoms with E-state index in [1.807, 2.05) is 13.0 Å². The van der Waals surface area contributed by atoms with Gasteiger partial charge in [-0.1, -0.05) is 6.92 Å². The van der Waals surface area contributed by atoms with Gasteiger partial charge in [-0.05, 0) is 43.7 Å². The van der Waals surface area contributed by atoms with Crippen LogP contribution in [0, 0.1) is 25.7 Å². The summed E-state index contributed by atoms with van der Waals surface area (Å²) in [4.78, 5) is 11.6. The first-order chi connectivity index (χ1) is 7.54. The third-order valence-electron chi connectivity index (χ3n) is 3.71. The summed E-state index contributed by atoms with van der Waals surface area (Å²) in [5, 5.41) is 0. The van der Waals surface area contributed by atoms with Crippen LogP contribution in [0.25, 0.3) is 0 Å². The lowest BCUT2D eigenvalue weighted by Crippen LogP contribution is -2.13. The van der Waals surface area contributed by atoms with E-state index in [0.717, 1.165) is 23.9 Å². The zero-order valence-electron chi connectivity index (χ0n) is 10.4. The van der Waals surface area contributed by atoms with Crippen LogP contribution in [-0.2, 0) is 11.3 Å². The van der Waals surface area contributed by atoms with Crippen molar-refractivity contribution in [3.63, 3.8) is 0 Å². The van der Waals surface area contributed by atoms with Crippen molar-refractivity contribution in [2.24, 2.45) is 11.8 Å². The molecule has 0 amide bonds. The Hall–Kier alpha value is -1.25. The Kier molecular flexibility index (Phi) is 2.78. The predicted molar refractivity (Wildman–Crippen MR) is 62.5 cm³/mol. The molecule has 0 aliphatic heterocycles. The Morgan fingerprint density at radius 2 is 2.19 bits per heavy atom. The van der Waals surface area contributed by atoms with Crippen molar-refractivity contribution in [3.8, 4) is 0 Å². The normalized spacial score (nSPS) is 23.2. The number of esters is 1. The number of rotatable bonds is 3. The average molecular weight is 221 g/mol. The first-order valence-corrected chi connectivity index (χ1v) is 5.79. The predicted octanol–water partition coefficient (Wildman–Crippen LogP) is 2.55. The Bertz CT molecular complexity index is 420. The first-order valence-electron chi connectivity index (χ1n) is 5.79. The van der Waals surface area contributed by atoms with Crippen molar-refractivity contribution in [3.05, 3.63) is 23.0 Å². The second kappa shape index (κ2) is 3.96. The molecule has 3 nitrogen and oxygen atoms in total. The maximum atomic E-state index is 11.6. The summed E-state index contributed by atoms with van der Waals surface area (Å²) in [7, 11) is 1.43. The summed E-state index contributed by atoms with van der Waals surface area (Å²) in [5.74, 6) is 1.30. The van der Waals surface area contributed by atoms with Gasteiger partial charge in [-0.3, -0.25) is 0 Å². The lowest BCUT2D eigenvalue weighted by molar-refractivity contribution is 0.0587. The van der Waals surface area contributed by atoms with Crippen molar-refractivity contribution in [2.45, 2.75) is 33.7 Å². The highest BCUT2D eigenvalue weighted by Crippen LogP contribution is 2.39. The van der Waals surface area contributed by atoms with Crippen molar-refractivity contribution in [1.29, 1.82) is 0 Å². The molecule has 16 heavy (non-hydrogen) atoms. The zero-order valence-corrected chi connectivity index (χ0v) is 10.4. The van der Waals surface area contributed by atoms with Gasteiger partial charge in [-0.25, -0.2) is 4.79 Å². The van der Waals surface area contributed by atoms with Gasteiger partial charge >= 0.3 is 5.97 Å². The smallest absolute Gasteiger partial charge is 0.354 e. The maximum Gasteiger partial charge on any atom is 0.354 e. The third kappa shape index (κ3) is 1.86. The Morgan fingerprint density at radius 3 is 2.69 bits per heavy atom. The summed E-state index contributed by atoms with van der Waals surface area (Å²) in [6.07, 6.45) is 1.28. The SMILES string of the molecule is COC(=O)c1cc(C)c(C)n1CC1C[C@@H]1C. The topological polar surface area (TPSA) is 31.2 Å². The molecule has 0 N–H and O–H groups in total. The molecular formula is C13H19NO2. The summed E-state index contributed by atoms with van der Waals surface area (Å²) in [6.45, 7) is 7.31. The molecule has 1 heterocycles. The van der Waals surface area contributed by atoms with Crippen LogP contribution >= 0.6 is 0 Å². The second-order valence-electron chi connectivity index (χ2n) is 4.87. The molecule has 2 atom stereocenters. The van der Waals surface area contributed by atoms with Crippen LogP contribution in [0.3, 0.4) is 0 Å². The summed E-state index contributed by atoms with van der Waals surface area (Å²) in [5.41, 5.74) is 3.03. The molecule has 1 aliphatic rings. The largest absolute Gasteiger partial charge is 0.464 e. The van der Waals surface area contributed by atoms with E-state index in [0.29, 0.717) is 5.69 Å². The molecule has 1 aromatic heterocycles. The minimum atomic E-state index is -0.232. The van der Waals surface area contributed by atoms with Gasteiger partial charge in [0.2, 0.25) is 0 Å². The fourth-order valence-corrected chi connectivity index (χ4v) is 2.18. The molecule has 1 fully saturated rings. The summed E-state index contributed by atoms with van der Waals surface area (Å²) >= 11 is 0. The highest BCUT2D eigenvalue weighted by molar-refractivity contribution is 5.88. The number of hydrogen-bond donors (Lipinski definition) is 0. The van der Waals surface area contributed by atoms with Gasteiger partial charge in [0.25, 0.3) is 0 Å². The number of aromatic nitrogens is 1. The highest BCUT2D eigenvalue weighted by atomic mass is 16.5. The van der Waals surface area contributed by atoms with Gasteiger partial charge < -0.3 is 9.30 Å². The second-order valence-corrected chi connectivity index (χ2v) is 4.87. The van der Waals surface area contributed by atoms with Gasteiger partial charge in [0.15, 0.2) is 0 Å². The fraction of sp³-hybridized carbons (Fsp3) is 0.615. The van der Waals surface area contributed by atoms with E-state index in [4.69, 9.17) is 4.74 Å². The van der Waals surface area contributed by atoms with Crippen LogP contribution in [0.2, 0.25) is 0 Å². The van der Waals surface area contributed by atoms with E-state index in [9.17, 15) is 4.79 Å². The molecule has 0 radical (unpaired) electrons. The molecule has 0 aromatic carbocycles. The lowest BCUT2D eigenvalue weighted by Gasteiger charge is -2.09. The Morgan fingerprint density at radius 1 is 1.56 bits per heavy atom. The van der Waals surface area contributed by atoms with Crippen LogP contribution in [0.1, 0.15) is 35.1 Å². The van der Waals surface area contributed by atoms with Crippen molar-refractivity contribution >= 4 is 5.97 Å². The van der Waals surface area contributed by atoms with E-state index in [-0.39, 0.29) is 5.97 Å². The molecule has 0 saturated heterocycles. The number of methoxy groups -OCH3 is 1. The molecule has 1 aliphatic carbocycles. The number of hydrogen-bond acceptors (Lipinski definition) is 2. The quantitative estimate of drug-likeness (QED) is 0.734. The van der Waals surface area contributed by atoms with E-state index in [2.05, 4.69) is 18.4 Å². The minimum Gasteiger partial charge on any atom is -0.464 e. The maximum absolute atomic E-state index is 11.6. The lowest BCUT2D eigenvalue weighted by atomic mass is 10.3. The zero-order chi connectivity index (χ0) is 11.9. The highest BCUT2D eigenvalue weighted by Gasteiger charge is 2.34. The van der Waals surface area contributed by atoms with Gasteiger partial charge in [0.05, 0.1) is 7.11 Å². The molecule has 1 saturated carbocycles. The summed E-state index contributed by atoms with van der Waals surface area (Å²) < 4.78 is 6.92. The van der Waals surface area contributed by atoms with Gasteiger partial charge in [-0.15, -0.1) is 0 Å². The van der Waals surface area contributed by atoms with E-state index >= 15 is 0 Å². The standard InChI is InChI=1S/C13H19NO2/c1-8-6-12(13(15)16-4)14(10(8)3)7-11-5-9(11)2/h6,9,11H,5,7H2,1-4H3/t9-,11?/m0/s1. The van der Waals surface area contributed by atoms with E-state index < -0.39 is 0 Å². The van der Waals surface area contributed by atoms with Crippen molar-refractivity contribution < 1.29 is 9.53 Å². The molecular weight excluding hydrogens is 202 g/mol. The molecule has 0 spiro atoms. The molecule has 1 aromatic rings. The van der Waals surface area contributed by atoms with Crippen molar-refractivity contribution in [2.75, 3.05) is 7.11 Å². The molecule has 0 bridgehead atoms. The monoisotopic (exact) mass is 221 g/mol. The van der Waals surface area contributed by atoms with Crippen LogP contribution in [0.15, 0.2) is 6.07 Å². The summed E-state index contributed by atoms with van der Waals surface area (Å²) in [6, 6.07) is 1.92. The minimum absolute atomic E-state index is 0.232. The first kappa shape index (κ1) is 11.2. The number of carbonyl (C=O) groups excluding carboxylic acids is 1. The van der Waals surface area contributed by atoms with Crippen molar-refractivity contribution in [1.82, 2.24) is 4.57 Å². The number of carbonyl (C=O) groups is 1. The number of ether oxygens (including phenoxy) is 1. The van der Waals surface area contributed by atoms with Gasteiger partial charge in [0, 0.05) is 12.2 Å². The molecule has 3 heteroatoms. The average Bonchev–Trinajstić information content (AvgIpc) is 2.89. The fourth-order valence-electron chi connectivity index (χ4n) is 2.18. The third-order valence-corrected chi connectivity index (χ3v) is 3.71. The van der Waals surface area contributed by atoms with Crippen LogP contribution < -0.4 is 0 Å². The van der Waals surface area contributed by atoms with Crippen LogP contribution in [0.5, 0.6) is 0 Å².